The fourth-order valence-corrected chi connectivity index (χ4v) is 1.38. The van der Waals surface area contributed by atoms with Crippen molar-refractivity contribution in [1.29, 1.82) is 0 Å². The number of carboxylic acids is 1. The van der Waals surface area contributed by atoms with Crippen LogP contribution in [0.4, 0.5) is 19.3 Å². The molecule has 8 heteroatoms. The first-order chi connectivity index (χ1) is 8.40. The number of hydrogen-bond acceptors (Lipinski definition) is 2. The summed E-state index contributed by atoms with van der Waals surface area (Å²) in [6.45, 7) is -0.109. The molecule has 1 aromatic carbocycles. The summed E-state index contributed by atoms with van der Waals surface area (Å²) in [5, 5.41) is 12.6. The average Bonchev–Trinajstić information content (AvgIpc) is 2.25. The van der Waals surface area contributed by atoms with Gasteiger partial charge in [-0.3, -0.25) is 4.79 Å². The van der Waals surface area contributed by atoms with Crippen LogP contribution in [0.2, 0.25) is 0 Å². The smallest absolute Gasteiger partial charge is 0.319 e. The summed E-state index contributed by atoms with van der Waals surface area (Å²) in [5.74, 6) is -2.61. The second kappa shape index (κ2) is 6.29. The normalized spacial score (nSPS) is 9.94. The lowest BCUT2D eigenvalue weighted by atomic mass is 10.3. The number of anilines is 1. The molecule has 1 aromatic rings. The van der Waals surface area contributed by atoms with Crippen molar-refractivity contribution in [2.45, 2.75) is 6.42 Å². The molecule has 0 radical (unpaired) electrons. The highest BCUT2D eigenvalue weighted by Crippen LogP contribution is 2.23. The van der Waals surface area contributed by atoms with E-state index >= 15 is 0 Å². The van der Waals surface area contributed by atoms with E-state index < -0.39 is 23.6 Å². The van der Waals surface area contributed by atoms with E-state index in [1.807, 2.05) is 0 Å². The monoisotopic (exact) mass is 322 g/mol. The predicted octanol–water partition coefficient (Wildman–Crippen LogP) is 2.32. The van der Waals surface area contributed by atoms with Crippen molar-refractivity contribution in [2.75, 3.05) is 11.9 Å². The number of nitrogens with one attached hydrogen (secondary N) is 2. The Kier molecular flexibility index (Phi) is 5.02. The van der Waals surface area contributed by atoms with Gasteiger partial charge in [0.2, 0.25) is 0 Å². The minimum absolute atomic E-state index is 0.0585. The molecule has 98 valence electrons. The third-order valence-corrected chi connectivity index (χ3v) is 2.49. The average molecular weight is 323 g/mol. The number of amides is 2. The van der Waals surface area contributed by atoms with Crippen LogP contribution in [0, 0.1) is 11.6 Å². The summed E-state index contributed by atoms with van der Waals surface area (Å²) in [6, 6.07) is 0.884. The van der Waals surface area contributed by atoms with Crippen LogP contribution < -0.4 is 10.6 Å². The van der Waals surface area contributed by atoms with Gasteiger partial charge in [-0.1, -0.05) is 0 Å². The molecular weight excluding hydrogens is 314 g/mol. The lowest BCUT2D eigenvalue weighted by Gasteiger charge is -2.08. The number of carbonyl (C=O) groups excluding carboxylic acids is 1. The Balaban J connectivity index is 2.59. The minimum Gasteiger partial charge on any atom is -0.481 e. The van der Waals surface area contributed by atoms with Gasteiger partial charge in [-0.05, 0) is 22.0 Å². The summed E-state index contributed by atoms with van der Waals surface area (Å²) >= 11 is 2.80. The molecular formula is C10H9BrF2N2O3. The quantitative estimate of drug-likeness (QED) is 0.744. The molecule has 0 fully saturated rings. The van der Waals surface area contributed by atoms with Crippen molar-refractivity contribution in [3.05, 3.63) is 28.2 Å². The van der Waals surface area contributed by atoms with Gasteiger partial charge in [0.05, 0.1) is 16.6 Å². The number of rotatable bonds is 4. The molecule has 0 saturated heterocycles. The highest BCUT2D eigenvalue weighted by molar-refractivity contribution is 9.10. The molecule has 0 aromatic heterocycles. The van der Waals surface area contributed by atoms with Gasteiger partial charge in [0, 0.05) is 12.6 Å². The second-order valence-corrected chi connectivity index (χ2v) is 4.13. The van der Waals surface area contributed by atoms with E-state index in [0.717, 1.165) is 12.1 Å². The molecule has 2 amide bonds. The first kappa shape index (κ1) is 14.4. The molecule has 5 nitrogen and oxygen atoms in total. The zero-order valence-corrected chi connectivity index (χ0v) is 10.6. The summed E-state index contributed by atoms with van der Waals surface area (Å²) < 4.78 is 26.4. The first-order valence-corrected chi connectivity index (χ1v) is 5.60. The van der Waals surface area contributed by atoms with Crippen molar-refractivity contribution < 1.29 is 23.5 Å². The fourth-order valence-electron chi connectivity index (χ4n) is 1.07. The summed E-state index contributed by atoms with van der Waals surface area (Å²) in [6.07, 6.45) is -0.259. The molecule has 0 aliphatic heterocycles. The van der Waals surface area contributed by atoms with Gasteiger partial charge >= 0.3 is 12.0 Å². The molecule has 0 atom stereocenters. The van der Waals surface area contributed by atoms with E-state index in [9.17, 15) is 18.4 Å². The maximum Gasteiger partial charge on any atom is 0.319 e. The SMILES string of the molecule is O=C(O)CCNC(=O)Nc1cc(F)c(Br)cc1F. The van der Waals surface area contributed by atoms with Crippen LogP contribution in [-0.2, 0) is 4.79 Å². The Morgan fingerprint density at radius 2 is 1.94 bits per heavy atom. The van der Waals surface area contributed by atoms with E-state index in [0.29, 0.717) is 0 Å². The predicted molar refractivity (Wildman–Crippen MR) is 63.3 cm³/mol. The van der Waals surface area contributed by atoms with Crippen molar-refractivity contribution in [3.63, 3.8) is 0 Å². The first-order valence-electron chi connectivity index (χ1n) is 4.81. The lowest BCUT2D eigenvalue weighted by Crippen LogP contribution is -2.30. The van der Waals surface area contributed by atoms with E-state index in [2.05, 4.69) is 26.6 Å². The highest BCUT2D eigenvalue weighted by atomic mass is 79.9. The third kappa shape index (κ3) is 4.28. The molecule has 0 heterocycles. The molecule has 0 saturated carbocycles. The van der Waals surface area contributed by atoms with Crippen molar-refractivity contribution >= 4 is 33.6 Å². The molecule has 3 N–H and O–H groups in total. The van der Waals surface area contributed by atoms with Crippen LogP contribution in [0.15, 0.2) is 16.6 Å². The summed E-state index contributed by atoms with van der Waals surface area (Å²) in [5.41, 5.74) is -0.330. The third-order valence-electron chi connectivity index (χ3n) is 1.88. The van der Waals surface area contributed by atoms with Gasteiger partial charge in [0.25, 0.3) is 0 Å². The molecule has 0 bridgehead atoms. The van der Waals surface area contributed by atoms with Gasteiger partial charge in [-0.25, -0.2) is 13.6 Å². The highest BCUT2D eigenvalue weighted by Gasteiger charge is 2.11. The number of carbonyl (C=O) groups is 2. The zero-order chi connectivity index (χ0) is 13.7. The Labute approximate surface area is 109 Å². The van der Waals surface area contributed by atoms with Gasteiger partial charge < -0.3 is 15.7 Å². The molecule has 0 aliphatic carbocycles. The van der Waals surface area contributed by atoms with Crippen LogP contribution in [0.25, 0.3) is 0 Å². The van der Waals surface area contributed by atoms with Gasteiger partial charge in [-0.2, -0.15) is 0 Å². The van der Waals surface area contributed by atoms with E-state index in [1.54, 1.807) is 0 Å². The fraction of sp³-hybridized carbons (Fsp3) is 0.200. The molecule has 1 rings (SSSR count). The Morgan fingerprint density at radius 1 is 1.28 bits per heavy atom. The zero-order valence-electron chi connectivity index (χ0n) is 8.97. The van der Waals surface area contributed by atoms with Crippen molar-refractivity contribution in [1.82, 2.24) is 5.32 Å². The number of aliphatic carboxylic acids is 1. The molecule has 0 unspecified atom stereocenters. The molecule has 18 heavy (non-hydrogen) atoms. The summed E-state index contributed by atoms with van der Waals surface area (Å²) in [7, 11) is 0. The van der Waals surface area contributed by atoms with Gasteiger partial charge in [0.15, 0.2) is 0 Å². The Bertz CT molecular complexity index is 482. The Morgan fingerprint density at radius 3 is 2.56 bits per heavy atom. The summed E-state index contributed by atoms with van der Waals surface area (Å²) in [4.78, 5) is 21.4. The van der Waals surface area contributed by atoms with Gasteiger partial charge in [0.1, 0.15) is 11.6 Å². The lowest BCUT2D eigenvalue weighted by molar-refractivity contribution is -0.136. The van der Waals surface area contributed by atoms with Gasteiger partial charge in [-0.15, -0.1) is 0 Å². The molecule has 0 aliphatic rings. The largest absolute Gasteiger partial charge is 0.481 e. The topological polar surface area (TPSA) is 78.4 Å². The maximum absolute atomic E-state index is 13.3. The van der Waals surface area contributed by atoms with Crippen LogP contribution in [0.3, 0.4) is 0 Å². The van der Waals surface area contributed by atoms with E-state index in [1.165, 1.54) is 0 Å². The number of carboxylic acid groups (broad SMARTS) is 1. The second-order valence-electron chi connectivity index (χ2n) is 3.27. The number of urea groups is 1. The van der Waals surface area contributed by atoms with Crippen LogP contribution in [-0.4, -0.2) is 23.7 Å². The number of hydrogen-bond donors (Lipinski definition) is 3. The van der Waals surface area contributed by atoms with E-state index in [4.69, 9.17) is 5.11 Å². The molecule has 0 spiro atoms. The van der Waals surface area contributed by atoms with Crippen LogP contribution >= 0.6 is 15.9 Å². The number of benzene rings is 1. The maximum atomic E-state index is 13.3. The number of halogens is 3. The van der Waals surface area contributed by atoms with Crippen molar-refractivity contribution in [2.24, 2.45) is 0 Å². The standard InChI is InChI=1S/C10H9BrF2N2O3/c11-5-3-7(13)8(4-6(5)12)15-10(18)14-2-1-9(16)17/h3-4H,1-2H2,(H,16,17)(H2,14,15,18). The Hall–Kier alpha value is -1.70. The van der Waals surface area contributed by atoms with Crippen LogP contribution in [0.1, 0.15) is 6.42 Å². The van der Waals surface area contributed by atoms with Crippen LogP contribution in [0.5, 0.6) is 0 Å². The van der Waals surface area contributed by atoms with E-state index in [-0.39, 0.29) is 23.1 Å². The van der Waals surface area contributed by atoms with Crippen molar-refractivity contribution in [3.8, 4) is 0 Å². The minimum atomic E-state index is -1.07.